The lowest BCUT2D eigenvalue weighted by Crippen LogP contribution is -2.00. The Morgan fingerprint density at radius 3 is 1.50 bits per heavy atom. The van der Waals surface area contributed by atoms with Crippen LogP contribution >= 0.6 is 67.8 Å². The highest BCUT2D eigenvalue weighted by atomic mass is 127. The van der Waals surface area contributed by atoms with E-state index >= 15 is 0 Å². The van der Waals surface area contributed by atoms with E-state index in [0.29, 0.717) is 0 Å². The zero-order valence-corrected chi connectivity index (χ0v) is 10.0. The summed E-state index contributed by atoms with van der Waals surface area (Å²) in [6, 6.07) is 0. The molecule has 0 unspecified atom stereocenters. The van der Waals surface area contributed by atoms with Crippen molar-refractivity contribution < 1.29 is 4.43 Å². The van der Waals surface area contributed by atoms with Crippen LogP contribution in [0.15, 0.2) is 0 Å². The lowest BCUT2D eigenvalue weighted by Gasteiger charge is -2.06. The fraction of sp³-hybridized carbons (Fsp3) is 1.00. The molecule has 0 aliphatic heterocycles. The van der Waals surface area contributed by atoms with E-state index in [4.69, 9.17) is 4.43 Å². The van der Waals surface area contributed by atoms with Gasteiger partial charge in [-0.2, -0.15) is 0 Å². The molecule has 0 N–H and O–H groups in total. The van der Waals surface area contributed by atoms with Crippen LogP contribution in [0.25, 0.3) is 0 Å². The van der Waals surface area contributed by atoms with Gasteiger partial charge in [0.2, 0.25) is 10.1 Å². The summed E-state index contributed by atoms with van der Waals surface area (Å²) < 4.78 is 4.57. The third-order valence-electron chi connectivity index (χ3n) is 0.116. The van der Waals surface area contributed by atoms with Crippen LogP contribution in [-0.2, 0) is 4.43 Å². The molecule has 0 bridgehead atoms. The second-order valence-corrected chi connectivity index (χ2v) is 11.5. The fourth-order valence-corrected chi connectivity index (χ4v) is 0. The van der Waals surface area contributed by atoms with Crippen LogP contribution in [0, 0.1) is 0 Å². The first kappa shape index (κ1) is 8.37. The van der Waals surface area contributed by atoms with E-state index in [0.717, 1.165) is 0 Å². The van der Waals surface area contributed by atoms with E-state index < -0.39 is 0 Å². The van der Waals surface area contributed by atoms with Gasteiger partial charge in [0.1, 0.15) is 0 Å². The van der Waals surface area contributed by atoms with Crippen molar-refractivity contribution in [1.82, 2.24) is 0 Å². The van der Waals surface area contributed by atoms with Crippen molar-refractivity contribution >= 4 is 78.3 Å². The summed E-state index contributed by atoms with van der Waals surface area (Å²) in [4.78, 5) is 0. The van der Waals surface area contributed by atoms with Crippen LogP contribution in [0.4, 0.5) is 0 Å². The molecule has 0 aliphatic carbocycles. The van der Waals surface area contributed by atoms with Crippen LogP contribution in [-0.4, -0.2) is 10.1 Å². The van der Waals surface area contributed by atoms with Crippen molar-refractivity contribution in [2.75, 3.05) is 0 Å². The normalized spacial score (nSPS) is 12.0. The molecule has 0 saturated carbocycles. The molecule has 0 atom stereocenters. The molecule has 1 nitrogen and oxygen atoms in total. The third-order valence-corrected chi connectivity index (χ3v) is 2.33. The number of halogens is 3. The van der Waals surface area contributed by atoms with Gasteiger partial charge in [-0.25, -0.2) is 0 Å². The highest BCUT2D eigenvalue weighted by Gasteiger charge is 2.12. The maximum atomic E-state index is 4.70. The number of rotatable bonds is 1. The molecule has 0 aromatic heterocycles. The van der Waals surface area contributed by atoms with E-state index in [9.17, 15) is 0 Å². The number of hydrogen-bond acceptors (Lipinski definition) is 1. The van der Waals surface area contributed by atoms with Crippen molar-refractivity contribution in [3.63, 3.8) is 0 Å². The first-order chi connectivity index (χ1) is 2.56. The van der Waals surface area contributed by atoms with E-state index in [1.165, 1.54) is 0 Å². The largest absolute Gasteiger partial charge is 0.390 e. The summed E-state index contributed by atoms with van der Waals surface area (Å²) in [5, 5.41) is 0. The Balaban J connectivity index is 3.17. The molecular weight excluding hydrogens is 437 g/mol. The molecule has 5 heteroatoms. The molecule has 0 aliphatic rings. The predicted octanol–water partition coefficient (Wildman–Crippen LogP) is 2.00. The predicted molar refractivity (Wildman–Crippen MR) is 51.6 cm³/mol. The zero-order chi connectivity index (χ0) is 5.21. The maximum Gasteiger partial charge on any atom is 0.250 e. The second kappa shape index (κ2) is 3.40. The van der Waals surface area contributed by atoms with Crippen LogP contribution in [0.1, 0.15) is 0 Å². The third kappa shape index (κ3) is 6.37. The zero-order valence-electron chi connectivity index (χ0n) is 2.54. The molecule has 6 heavy (non-hydrogen) atoms. The molecular formula is CI3OSi. The monoisotopic (exact) mass is 437 g/mol. The summed E-state index contributed by atoms with van der Waals surface area (Å²) >= 11 is 6.43. The van der Waals surface area contributed by atoms with Crippen LogP contribution < -0.4 is 0 Å². The average Bonchev–Trinajstić information content (AvgIpc) is 1.35. The summed E-state index contributed by atoms with van der Waals surface area (Å²) in [7, 11) is 2.89. The Morgan fingerprint density at radius 1 is 1.33 bits per heavy atom. The molecule has 0 rings (SSSR count). The maximum absolute atomic E-state index is 4.70. The molecule has 0 aromatic rings. The Morgan fingerprint density at radius 2 is 1.50 bits per heavy atom. The van der Waals surface area contributed by atoms with Crippen molar-refractivity contribution in [3.8, 4) is 0 Å². The molecule has 0 amide bonds. The van der Waals surface area contributed by atoms with Crippen molar-refractivity contribution in [1.29, 1.82) is 0 Å². The second-order valence-electron chi connectivity index (χ2n) is 0.548. The van der Waals surface area contributed by atoms with Gasteiger partial charge in [-0.05, 0) is 67.8 Å². The minimum absolute atomic E-state index is 0.135. The molecule has 35 valence electrons. The summed E-state index contributed by atoms with van der Waals surface area (Å²) in [5.41, 5.74) is 0. The quantitative estimate of drug-likeness (QED) is 0.347. The van der Waals surface area contributed by atoms with Gasteiger partial charge >= 0.3 is 0 Å². The van der Waals surface area contributed by atoms with Gasteiger partial charge in [-0.15, -0.1) is 0 Å². The topological polar surface area (TPSA) is 9.23 Å². The van der Waals surface area contributed by atoms with Gasteiger partial charge in [-0.3, -0.25) is 0 Å². The Bertz CT molecular complexity index is 40.5. The van der Waals surface area contributed by atoms with Crippen molar-refractivity contribution in [2.45, 2.75) is -0.379 Å². The lowest BCUT2D eigenvalue weighted by atomic mass is 11.7. The van der Waals surface area contributed by atoms with E-state index in [1.807, 2.05) is 0 Å². The molecule has 0 fully saturated rings. The fourth-order valence-electron chi connectivity index (χ4n) is 0. The van der Waals surface area contributed by atoms with Gasteiger partial charge in [0.15, 0.2) is 0 Å². The van der Waals surface area contributed by atoms with Crippen molar-refractivity contribution in [2.24, 2.45) is 0 Å². The van der Waals surface area contributed by atoms with Crippen LogP contribution in [0.5, 0.6) is 0 Å². The first-order valence-electron chi connectivity index (χ1n) is 0.975. The van der Waals surface area contributed by atoms with E-state index in [-0.39, 0.29) is -0.379 Å². The lowest BCUT2D eigenvalue weighted by molar-refractivity contribution is 0.420. The van der Waals surface area contributed by atoms with Gasteiger partial charge < -0.3 is 4.43 Å². The van der Waals surface area contributed by atoms with Crippen LogP contribution in [0.3, 0.4) is 0 Å². The van der Waals surface area contributed by atoms with Gasteiger partial charge in [0.05, 0.1) is 0 Å². The Kier molecular flexibility index (Phi) is 4.75. The molecule has 0 aromatic carbocycles. The SMILES string of the molecule is [Si]OC(I)(I)I. The summed E-state index contributed by atoms with van der Waals surface area (Å²) in [5.74, 6) is 0. The molecule has 0 spiro atoms. The molecule has 0 saturated heterocycles. The Labute approximate surface area is 80.9 Å². The highest BCUT2D eigenvalue weighted by Crippen LogP contribution is 2.35. The van der Waals surface area contributed by atoms with E-state index in [1.54, 1.807) is 0 Å². The highest BCUT2D eigenvalue weighted by molar-refractivity contribution is 14.3. The first-order valence-corrected chi connectivity index (χ1v) is 4.62. The van der Waals surface area contributed by atoms with Gasteiger partial charge in [0.25, 0.3) is 0 Å². The van der Waals surface area contributed by atoms with E-state index in [2.05, 4.69) is 78.3 Å². The van der Waals surface area contributed by atoms with Crippen molar-refractivity contribution in [3.05, 3.63) is 0 Å². The summed E-state index contributed by atoms with van der Waals surface area (Å²) in [6.45, 7) is 0. The summed E-state index contributed by atoms with van der Waals surface area (Å²) in [6.07, 6.45) is 0. The number of hydrogen-bond donors (Lipinski definition) is 0. The average molecular weight is 437 g/mol. The Hall–Kier alpha value is 2.37. The van der Waals surface area contributed by atoms with Crippen LogP contribution in [0.2, 0.25) is 0 Å². The minimum Gasteiger partial charge on any atom is -0.390 e. The molecule has 0 heterocycles. The minimum atomic E-state index is -0.135. The van der Waals surface area contributed by atoms with Gasteiger partial charge in [-0.1, -0.05) is 0 Å². The standard InChI is InChI=1S/CI3OSi/c2-1(3,4)5-6. The smallest absolute Gasteiger partial charge is 0.250 e. The van der Waals surface area contributed by atoms with Gasteiger partial charge in [0, 0.05) is 0 Å². The number of alkyl halides is 3. The molecule has 3 radical (unpaired) electrons.